The highest BCUT2D eigenvalue weighted by Gasteiger charge is 2.29. The first-order chi connectivity index (χ1) is 11.5. The Kier molecular flexibility index (Phi) is 4.64. The molecule has 0 radical (unpaired) electrons. The molecule has 1 aromatic heterocycles. The molecule has 1 amide bonds. The Morgan fingerprint density at radius 2 is 1.79 bits per heavy atom. The van der Waals surface area contributed by atoms with E-state index >= 15 is 0 Å². The number of aromatic nitrogens is 1. The molecule has 1 heterocycles. The van der Waals surface area contributed by atoms with Crippen molar-refractivity contribution in [3.8, 4) is 0 Å². The van der Waals surface area contributed by atoms with Gasteiger partial charge in [-0.05, 0) is 31.2 Å². The van der Waals surface area contributed by atoms with Crippen molar-refractivity contribution in [2.24, 2.45) is 0 Å². The maximum Gasteiger partial charge on any atom is 0.242 e. The highest BCUT2D eigenvalue weighted by Crippen LogP contribution is 2.24. The van der Waals surface area contributed by atoms with Crippen LogP contribution in [0.3, 0.4) is 0 Å². The highest BCUT2D eigenvalue weighted by molar-refractivity contribution is 7.92. The smallest absolute Gasteiger partial charge is 0.242 e. The Labute approximate surface area is 144 Å². The fourth-order valence-electron chi connectivity index (χ4n) is 2.21. The van der Waals surface area contributed by atoms with Crippen molar-refractivity contribution in [3.05, 3.63) is 59.6 Å². The first-order valence-corrected chi connectivity index (χ1v) is 9.91. The summed E-state index contributed by atoms with van der Waals surface area (Å²) in [5.41, 5.74) is 1.35. The molecule has 0 spiro atoms. The van der Waals surface area contributed by atoms with Crippen molar-refractivity contribution < 1.29 is 13.2 Å². The predicted octanol–water partition coefficient (Wildman–Crippen LogP) is 3.24. The molecule has 5 nitrogen and oxygen atoms in total. The molecule has 124 valence electrons. The van der Waals surface area contributed by atoms with Gasteiger partial charge in [0.2, 0.25) is 5.91 Å². The van der Waals surface area contributed by atoms with Gasteiger partial charge in [0.1, 0.15) is 16.0 Å². The van der Waals surface area contributed by atoms with Crippen molar-refractivity contribution in [1.29, 1.82) is 0 Å². The number of carbonyl (C=O) groups excluding carboxylic acids is 1. The molecule has 7 heteroatoms. The van der Waals surface area contributed by atoms with Crippen LogP contribution in [0.4, 0.5) is 5.69 Å². The van der Waals surface area contributed by atoms with Crippen molar-refractivity contribution in [2.45, 2.75) is 17.9 Å². The quantitative estimate of drug-likeness (QED) is 0.758. The molecule has 0 aliphatic rings. The van der Waals surface area contributed by atoms with E-state index in [-0.39, 0.29) is 5.75 Å². The number of hydrogen-bond donors (Lipinski definition) is 1. The Bertz CT molecular complexity index is 933. The number of amides is 1. The van der Waals surface area contributed by atoms with Crippen LogP contribution in [0.25, 0.3) is 10.2 Å². The second-order valence-corrected chi connectivity index (χ2v) is 8.82. The molecular formula is C17H16N2O3S2. The van der Waals surface area contributed by atoms with Crippen LogP contribution in [0.5, 0.6) is 0 Å². The molecule has 1 N–H and O–H groups in total. The number of para-hydroxylation sites is 2. The van der Waals surface area contributed by atoms with E-state index in [4.69, 9.17) is 0 Å². The molecule has 0 aliphatic heterocycles. The third kappa shape index (κ3) is 3.63. The fourth-order valence-corrected chi connectivity index (χ4v) is 4.74. The van der Waals surface area contributed by atoms with Gasteiger partial charge in [-0.15, -0.1) is 11.3 Å². The van der Waals surface area contributed by atoms with Crippen LogP contribution in [-0.2, 0) is 20.4 Å². The topological polar surface area (TPSA) is 76.1 Å². The van der Waals surface area contributed by atoms with Gasteiger partial charge in [-0.3, -0.25) is 4.79 Å². The minimum Gasteiger partial charge on any atom is -0.325 e. The van der Waals surface area contributed by atoms with Crippen molar-refractivity contribution in [1.82, 2.24) is 4.98 Å². The van der Waals surface area contributed by atoms with Crippen LogP contribution in [0.2, 0.25) is 0 Å². The van der Waals surface area contributed by atoms with Crippen molar-refractivity contribution >= 4 is 43.0 Å². The first-order valence-electron chi connectivity index (χ1n) is 7.37. The second-order valence-electron chi connectivity index (χ2n) is 5.38. The van der Waals surface area contributed by atoms with Crippen LogP contribution in [0, 0.1) is 0 Å². The summed E-state index contributed by atoms with van der Waals surface area (Å²) < 4.78 is 26.0. The van der Waals surface area contributed by atoms with Gasteiger partial charge in [0.05, 0.1) is 10.2 Å². The Morgan fingerprint density at radius 1 is 1.12 bits per heavy atom. The van der Waals surface area contributed by atoms with Gasteiger partial charge in [0.25, 0.3) is 0 Å². The number of carbonyl (C=O) groups is 1. The highest BCUT2D eigenvalue weighted by atomic mass is 32.2. The number of sulfone groups is 1. The Morgan fingerprint density at radius 3 is 2.50 bits per heavy atom. The normalized spacial score (nSPS) is 12.9. The van der Waals surface area contributed by atoms with Gasteiger partial charge in [-0.2, -0.15) is 0 Å². The molecular weight excluding hydrogens is 344 g/mol. The Hall–Kier alpha value is -2.25. The van der Waals surface area contributed by atoms with Crippen LogP contribution < -0.4 is 5.32 Å². The zero-order valence-corrected chi connectivity index (χ0v) is 14.6. The molecule has 0 fully saturated rings. The van der Waals surface area contributed by atoms with Crippen LogP contribution in [-0.4, -0.2) is 24.6 Å². The van der Waals surface area contributed by atoms with E-state index in [1.807, 2.05) is 30.3 Å². The standard InChI is InChI=1S/C17H16N2O3S2/c1-12(17(20)18-13-7-3-2-4-8-13)24(21,22)11-16-19-14-9-5-6-10-15(14)23-16/h2-10,12H,11H2,1H3,(H,18,20)/t12-/m0/s1. The molecule has 3 rings (SSSR count). The van der Waals surface area contributed by atoms with Gasteiger partial charge >= 0.3 is 0 Å². The summed E-state index contributed by atoms with van der Waals surface area (Å²) in [4.78, 5) is 16.5. The van der Waals surface area contributed by atoms with Gasteiger partial charge in [0, 0.05) is 5.69 Å². The van der Waals surface area contributed by atoms with E-state index in [0.29, 0.717) is 10.7 Å². The van der Waals surface area contributed by atoms with E-state index in [1.54, 1.807) is 24.3 Å². The number of nitrogens with one attached hydrogen (secondary N) is 1. The number of nitrogens with zero attached hydrogens (tertiary/aromatic N) is 1. The van der Waals surface area contributed by atoms with Crippen molar-refractivity contribution in [3.63, 3.8) is 0 Å². The molecule has 2 aromatic carbocycles. The molecule has 0 unspecified atom stereocenters. The van der Waals surface area contributed by atoms with Crippen LogP contribution >= 0.6 is 11.3 Å². The zero-order chi connectivity index (χ0) is 17.2. The third-order valence-electron chi connectivity index (χ3n) is 3.61. The lowest BCUT2D eigenvalue weighted by Gasteiger charge is -2.12. The first kappa shape index (κ1) is 16.6. The summed E-state index contributed by atoms with van der Waals surface area (Å²) in [5.74, 6) is -0.780. The number of thiazole rings is 1. The van der Waals surface area contributed by atoms with E-state index in [2.05, 4.69) is 10.3 Å². The zero-order valence-electron chi connectivity index (χ0n) is 13.0. The largest absolute Gasteiger partial charge is 0.325 e. The number of fused-ring (bicyclic) bond motifs is 1. The van der Waals surface area contributed by atoms with Gasteiger partial charge < -0.3 is 5.32 Å². The molecule has 0 saturated heterocycles. The molecule has 24 heavy (non-hydrogen) atoms. The van der Waals surface area contributed by atoms with Gasteiger partial charge in [-0.25, -0.2) is 13.4 Å². The van der Waals surface area contributed by atoms with E-state index in [0.717, 1.165) is 10.2 Å². The van der Waals surface area contributed by atoms with Crippen molar-refractivity contribution in [2.75, 3.05) is 5.32 Å². The SMILES string of the molecule is C[C@@H](C(=O)Nc1ccccc1)S(=O)(=O)Cc1nc2ccccc2s1. The maximum atomic E-state index is 12.5. The minimum atomic E-state index is -3.64. The molecule has 1 atom stereocenters. The van der Waals surface area contributed by atoms with Crippen LogP contribution in [0.1, 0.15) is 11.9 Å². The van der Waals surface area contributed by atoms with Gasteiger partial charge in [0.15, 0.2) is 9.84 Å². The second kappa shape index (κ2) is 6.70. The molecule has 0 aliphatic carbocycles. The number of hydrogen-bond acceptors (Lipinski definition) is 5. The fraction of sp³-hybridized carbons (Fsp3) is 0.176. The van der Waals surface area contributed by atoms with E-state index < -0.39 is 21.0 Å². The summed E-state index contributed by atoms with van der Waals surface area (Å²) in [7, 11) is -3.64. The number of anilines is 1. The van der Waals surface area contributed by atoms with E-state index in [1.165, 1.54) is 18.3 Å². The van der Waals surface area contributed by atoms with Crippen LogP contribution in [0.15, 0.2) is 54.6 Å². The maximum absolute atomic E-state index is 12.5. The monoisotopic (exact) mass is 360 g/mol. The van der Waals surface area contributed by atoms with Gasteiger partial charge in [-0.1, -0.05) is 30.3 Å². The third-order valence-corrected chi connectivity index (χ3v) is 6.80. The summed E-state index contributed by atoms with van der Waals surface area (Å²) in [6, 6.07) is 16.3. The lowest BCUT2D eigenvalue weighted by atomic mass is 10.3. The average Bonchev–Trinajstić information content (AvgIpc) is 2.96. The average molecular weight is 360 g/mol. The summed E-state index contributed by atoms with van der Waals surface area (Å²) >= 11 is 1.34. The number of rotatable bonds is 5. The number of benzene rings is 2. The molecule has 0 saturated carbocycles. The lowest BCUT2D eigenvalue weighted by molar-refractivity contribution is -0.115. The Balaban J connectivity index is 1.75. The summed E-state index contributed by atoms with van der Waals surface area (Å²) in [6.07, 6.45) is 0. The molecule has 3 aromatic rings. The lowest BCUT2D eigenvalue weighted by Crippen LogP contribution is -2.33. The molecule has 0 bridgehead atoms. The minimum absolute atomic E-state index is 0.240. The summed E-state index contributed by atoms with van der Waals surface area (Å²) in [5, 5.41) is 1.97. The van der Waals surface area contributed by atoms with E-state index in [9.17, 15) is 13.2 Å². The predicted molar refractivity (Wildman–Crippen MR) is 96.8 cm³/mol. The summed E-state index contributed by atoms with van der Waals surface area (Å²) in [6.45, 7) is 1.40.